The van der Waals surface area contributed by atoms with Crippen LogP contribution in [0.4, 0.5) is 0 Å². The molecule has 3 rings (SSSR count). The third-order valence-corrected chi connectivity index (χ3v) is 5.09. The summed E-state index contributed by atoms with van der Waals surface area (Å²) in [6.45, 7) is 0. The summed E-state index contributed by atoms with van der Waals surface area (Å²) in [5, 5.41) is 19.4. The lowest BCUT2D eigenvalue weighted by molar-refractivity contribution is 0.0697. The van der Waals surface area contributed by atoms with E-state index in [1.165, 1.54) is 11.8 Å². The topological polar surface area (TPSA) is 86.9 Å². The maximum atomic E-state index is 10.9. The van der Waals surface area contributed by atoms with E-state index in [-0.39, 0.29) is 16.3 Å². The average Bonchev–Trinajstić information content (AvgIpc) is 2.67. The number of aromatic nitrogens is 2. The zero-order valence-electron chi connectivity index (χ0n) is 13.7. The van der Waals surface area contributed by atoms with Gasteiger partial charge in [0, 0.05) is 16.3 Å². The monoisotopic (exact) mass is 415 g/mol. The van der Waals surface area contributed by atoms with E-state index in [1.54, 1.807) is 48.5 Å². The van der Waals surface area contributed by atoms with Crippen LogP contribution in [-0.4, -0.2) is 21.0 Å². The van der Waals surface area contributed by atoms with Crippen LogP contribution in [0.5, 0.6) is 0 Å². The highest BCUT2D eigenvalue weighted by molar-refractivity contribution is 7.98. The zero-order valence-corrected chi connectivity index (χ0v) is 16.0. The Kier molecular flexibility index (Phi) is 5.97. The summed E-state index contributed by atoms with van der Waals surface area (Å²) in [4.78, 5) is 19.6. The van der Waals surface area contributed by atoms with Gasteiger partial charge in [0.1, 0.15) is 11.6 Å². The van der Waals surface area contributed by atoms with Gasteiger partial charge < -0.3 is 5.11 Å². The Morgan fingerprint density at radius 3 is 2.33 bits per heavy atom. The van der Waals surface area contributed by atoms with Crippen molar-refractivity contribution in [2.45, 2.75) is 10.9 Å². The summed E-state index contributed by atoms with van der Waals surface area (Å²) in [5.74, 6) is -0.439. The van der Waals surface area contributed by atoms with E-state index in [1.807, 2.05) is 6.07 Å². The first-order valence-electron chi connectivity index (χ1n) is 7.66. The minimum atomic E-state index is -0.969. The standard InChI is InChI=1S/C19H11Cl2N3O2S/c20-14-7-5-12(6-8-14)16-15(9-22)17(21)24-19(23-16)27-10-11-1-3-13(4-2-11)18(25)26/h1-8H,10H2,(H,25,26). The van der Waals surface area contributed by atoms with E-state index < -0.39 is 5.97 Å². The quantitative estimate of drug-likeness (QED) is 0.345. The normalized spacial score (nSPS) is 10.4. The minimum Gasteiger partial charge on any atom is -0.478 e. The number of aromatic carboxylic acids is 1. The van der Waals surface area contributed by atoms with Crippen LogP contribution in [0.1, 0.15) is 21.5 Å². The van der Waals surface area contributed by atoms with Gasteiger partial charge in [-0.05, 0) is 29.8 Å². The summed E-state index contributed by atoms with van der Waals surface area (Å²) in [6, 6.07) is 15.6. The molecular formula is C19H11Cl2N3O2S. The minimum absolute atomic E-state index is 0.0844. The second kappa shape index (κ2) is 8.40. The van der Waals surface area contributed by atoms with E-state index in [0.717, 1.165) is 5.56 Å². The molecule has 0 bridgehead atoms. The van der Waals surface area contributed by atoms with Gasteiger partial charge in [0.05, 0.1) is 11.3 Å². The van der Waals surface area contributed by atoms with E-state index in [9.17, 15) is 10.1 Å². The first kappa shape index (κ1) is 19.2. The molecule has 0 atom stereocenters. The van der Waals surface area contributed by atoms with Crippen molar-refractivity contribution in [3.8, 4) is 17.3 Å². The van der Waals surface area contributed by atoms with E-state index in [4.69, 9.17) is 28.3 Å². The predicted octanol–water partition coefficient (Wildman–Crippen LogP) is 5.31. The van der Waals surface area contributed by atoms with Crippen molar-refractivity contribution in [3.63, 3.8) is 0 Å². The Balaban J connectivity index is 1.87. The van der Waals surface area contributed by atoms with Crippen LogP contribution in [0.25, 0.3) is 11.3 Å². The highest BCUT2D eigenvalue weighted by atomic mass is 35.5. The molecule has 27 heavy (non-hydrogen) atoms. The van der Waals surface area contributed by atoms with Crippen molar-refractivity contribution in [2.75, 3.05) is 0 Å². The van der Waals surface area contributed by atoms with Gasteiger partial charge in [-0.25, -0.2) is 14.8 Å². The van der Waals surface area contributed by atoms with Gasteiger partial charge >= 0.3 is 5.97 Å². The molecule has 5 nitrogen and oxygen atoms in total. The van der Waals surface area contributed by atoms with Gasteiger partial charge in [-0.15, -0.1) is 0 Å². The van der Waals surface area contributed by atoms with E-state index in [2.05, 4.69) is 9.97 Å². The molecule has 0 unspecified atom stereocenters. The number of carboxylic acid groups (broad SMARTS) is 1. The molecule has 0 amide bonds. The number of hydrogen-bond acceptors (Lipinski definition) is 5. The molecule has 3 aromatic rings. The Morgan fingerprint density at radius 2 is 1.74 bits per heavy atom. The lowest BCUT2D eigenvalue weighted by Gasteiger charge is -2.08. The van der Waals surface area contributed by atoms with Crippen molar-refractivity contribution < 1.29 is 9.90 Å². The largest absolute Gasteiger partial charge is 0.478 e. The van der Waals surface area contributed by atoms with Crippen molar-refractivity contribution >= 4 is 40.9 Å². The predicted molar refractivity (Wildman–Crippen MR) is 105 cm³/mol. The first-order chi connectivity index (χ1) is 13.0. The summed E-state index contributed by atoms with van der Waals surface area (Å²) in [6.07, 6.45) is 0. The number of halogens is 2. The number of carbonyl (C=O) groups is 1. The van der Waals surface area contributed by atoms with E-state index in [0.29, 0.717) is 27.2 Å². The fourth-order valence-electron chi connectivity index (χ4n) is 2.29. The molecule has 0 aliphatic heterocycles. The Morgan fingerprint density at radius 1 is 1.07 bits per heavy atom. The van der Waals surface area contributed by atoms with Gasteiger partial charge in [0.2, 0.25) is 0 Å². The summed E-state index contributed by atoms with van der Waals surface area (Å²) in [7, 11) is 0. The molecule has 0 aliphatic carbocycles. The summed E-state index contributed by atoms with van der Waals surface area (Å²) >= 11 is 13.4. The zero-order chi connectivity index (χ0) is 19.4. The van der Waals surface area contributed by atoms with Crippen LogP contribution in [0.3, 0.4) is 0 Å². The molecule has 0 spiro atoms. The number of nitriles is 1. The first-order valence-corrected chi connectivity index (χ1v) is 9.40. The Bertz CT molecular complexity index is 1030. The molecule has 134 valence electrons. The molecule has 1 aromatic heterocycles. The maximum absolute atomic E-state index is 10.9. The molecule has 1 heterocycles. The number of rotatable bonds is 5. The molecule has 0 fully saturated rings. The Labute approximate surface area is 169 Å². The fraction of sp³-hybridized carbons (Fsp3) is 0.0526. The van der Waals surface area contributed by atoms with Gasteiger partial charge in [0.15, 0.2) is 10.3 Å². The molecule has 0 radical (unpaired) electrons. The average molecular weight is 416 g/mol. The molecule has 0 saturated heterocycles. The van der Waals surface area contributed by atoms with Gasteiger partial charge in [-0.2, -0.15) is 5.26 Å². The van der Waals surface area contributed by atoms with Crippen LogP contribution in [0, 0.1) is 11.3 Å². The van der Waals surface area contributed by atoms with Crippen molar-refractivity contribution in [1.82, 2.24) is 9.97 Å². The number of hydrogen-bond donors (Lipinski definition) is 1. The van der Waals surface area contributed by atoms with Crippen LogP contribution >= 0.6 is 35.0 Å². The third-order valence-electron chi connectivity index (χ3n) is 3.64. The smallest absolute Gasteiger partial charge is 0.335 e. The SMILES string of the molecule is N#Cc1c(Cl)nc(SCc2ccc(C(=O)O)cc2)nc1-c1ccc(Cl)cc1. The van der Waals surface area contributed by atoms with Crippen LogP contribution in [-0.2, 0) is 5.75 Å². The lowest BCUT2D eigenvalue weighted by atomic mass is 10.1. The fourth-order valence-corrected chi connectivity index (χ4v) is 3.47. The van der Waals surface area contributed by atoms with E-state index >= 15 is 0 Å². The van der Waals surface area contributed by atoms with Crippen molar-refractivity contribution in [3.05, 3.63) is 75.4 Å². The summed E-state index contributed by atoms with van der Waals surface area (Å²) in [5.41, 5.74) is 2.51. The molecule has 8 heteroatoms. The van der Waals surface area contributed by atoms with Crippen LogP contribution < -0.4 is 0 Å². The van der Waals surface area contributed by atoms with Crippen LogP contribution in [0.15, 0.2) is 53.7 Å². The van der Waals surface area contributed by atoms with Gasteiger partial charge in [-0.3, -0.25) is 0 Å². The second-order valence-electron chi connectivity index (χ2n) is 5.43. The molecule has 1 N–H and O–H groups in total. The second-order valence-corrected chi connectivity index (χ2v) is 7.17. The number of thioether (sulfide) groups is 1. The third kappa shape index (κ3) is 4.58. The molecule has 0 saturated carbocycles. The number of benzene rings is 2. The molecule has 2 aromatic carbocycles. The van der Waals surface area contributed by atoms with Crippen LogP contribution in [0.2, 0.25) is 10.2 Å². The summed E-state index contributed by atoms with van der Waals surface area (Å²) < 4.78 is 0. The molecule has 0 aliphatic rings. The Hall–Kier alpha value is -2.59. The maximum Gasteiger partial charge on any atom is 0.335 e. The molecular weight excluding hydrogens is 405 g/mol. The highest BCUT2D eigenvalue weighted by Crippen LogP contribution is 2.30. The van der Waals surface area contributed by atoms with Gasteiger partial charge in [-0.1, -0.05) is 59.2 Å². The van der Waals surface area contributed by atoms with Gasteiger partial charge in [0.25, 0.3) is 0 Å². The number of carboxylic acids is 1. The number of nitrogens with zero attached hydrogens (tertiary/aromatic N) is 3. The highest BCUT2D eigenvalue weighted by Gasteiger charge is 2.15. The lowest BCUT2D eigenvalue weighted by Crippen LogP contribution is -1.98. The van der Waals surface area contributed by atoms with Crippen molar-refractivity contribution in [1.29, 1.82) is 5.26 Å². The van der Waals surface area contributed by atoms with Crippen molar-refractivity contribution in [2.24, 2.45) is 0 Å².